The van der Waals surface area contributed by atoms with Crippen LogP contribution in [0, 0.1) is 0 Å². The van der Waals surface area contributed by atoms with Gasteiger partial charge in [-0.1, -0.05) is 69.4 Å². The van der Waals surface area contributed by atoms with Gasteiger partial charge in [0.2, 0.25) is 0 Å². The molecule has 2 aromatic carbocycles. The summed E-state index contributed by atoms with van der Waals surface area (Å²) in [5, 5.41) is 3.53. The van der Waals surface area contributed by atoms with Crippen molar-refractivity contribution in [1.82, 2.24) is 5.32 Å². The molecule has 0 amide bonds. The number of methoxy groups -OCH3 is 1. The minimum Gasteiger partial charge on any atom is -0.493 e. The Kier molecular flexibility index (Phi) is 10.3. The average molecular weight is 434 g/mol. The van der Waals surface area contributed by atoms with Gasteiger partial charge in [-0.15, -0.1) is 0 Å². The molecule has 0 aliphatic heterocycles. The summed E-state index contributed by atoms with van der Waals surface area (Å²) in [6.07, 6.45) is 7.93. The Morgan fingerprint density at radius 2 is 1.67 bits per heavy atom. The lowest BCUT2D eigenvalue weighted by molar-refractivity contribution is 0.282. The van der Waals surface area contributed by atoms with Crippen LogP contribution in [-0.4, -0.2) is 13.7 Å². The highest BCUT2D eigenvalue weighted by molar-refractivity contribution is 9.10. The van der Waals surface area contributed by atoms with E-state index < -0.39 is 0 Å². The smallest absolute Gasteiger partial charge is 0.175 e. The molecule has 0 heterocycles. The van der Waals surface area contributed by atoms with Crippen LogP contribution in [0.25, 0.3) is 0 Å². The van der Waals surface area contributed by atoms with Crippen molar-refractivity contribution in [3.63, 3.8) is 0 Å². The SMILES string of the molecule is CCCCCCCCNCc1cc(Br)c(OCc2ccccc2)c(OC)c1. The minimum atomic E-state index is 0.519. The maximum atomic E-state index is 6.00. The summed E-state index contributed by atoms with van der Waals surface area (Å²) in [5.41, 5.74) is 2.33. The molecule has 0 saturated heterocycles. The number of nitrogens with one attached hydrogen (secondary N) is 1. The topological polar surface area (TPSA) is 30.5 Å². The summed E-state index contributed by atoms with van der Waals surface area (Å²) in [5.74, 6) is 1.51. The first-order chi connectivity index (χ1) is 13.2. The van der Waals surface area contributed by atoms with E-state index in [9.17, 15) is 0 Å². The largest absolute Gasteiger partial charge is 0.493 e. The molecular weight excluding hydrogens is 402 g/mol. The summed E-state index contributed by atoms with van der Waals surface area (Å²) >= 11 is 3.64. The third kappa shape index (κ3) is 7.94. The maximum absolute atomic E-state index is 6.00. The van der Waals surface area contributed by atoms with E-state index in [1.165, 1.54) is 44.1 Å². The molecule has 0 bridgehead atoms. The second-order valence-corrected chi connectivity index (χ2v) is 7.68. The monoisotopic (exact) mass is 433 g/mol. The predicted octanol–water partition coefficient (Wildman–Crippen LogP) is 6.49. The van der Waals surface area contributed by atoms with E-state index in [-0.39, 0.29) is 0 Å². The zero-order valence-electron chi connectivity index (χ0n) is 16.6. The number of rotatable bonds is 13. The van der Waals surface area contributed by atoms with Crippen molar-refractivity contribution in [2.45, 2.75) is 58.6 Å². The number of benzene rings is 2. The van der Waals surface area contributed by atoms with E-state index in [2.05, 4.69) is 52.4 Å². The zero-order valence-corrected chi connectivity index (χ0v) is 18.2. The molecule has 27 heavy (non-hydrogen) atoms. The number of unbranched alkanes of at least 4 members (excludes halogenated alkanes) is 5. The number of hydrogen-bond donors (Lipinski definition) is 1. The van der Waals surface area contributed by atoms with Gasteiger partial charge >= 0.3 is 0 Å². The van der Waals surface area contributed by atoms with Crippen LogP contribution in [-0.2, 0) is 13.2 Å². The summed E-state index contributed by atoms with van der Waals surface area (Å²) in [6.45, 7) is 4.67. The maximum Gasteiger partial charge on any atom is 0.175 e. The van der Waals surface area contributed by atoms with Crippen molar-refractivity contribution in [3.05, 3.63) is 58.1 Å². The molecule has 0 aliphatic rings. The quantitative estimate of drug-likeness (QED) is 0.366. The molecule has 0 aromatic heterocycles. The van der Waals surface area contributed by atoms with Crippen LogP contribution in [0.4, 0.5) is 0 Å². The molecule has 0 aliphatic carbocycles. The zero-order chi connectivity index (χ0) is 19.3. The third-order valence-corrected chi connectivity index (χ3v) is 5.14. The van der Waals surface area contributed by atoms with Gasteiger partial charge in [0.25, 0.3) is 0 Å². The summed E-state index contributed by atoms with van der Waals surface area (Å²) in [6, 6.07) is 14.3. The van der Waals surface area contributed by atoms with E-state index in [1.807, 2.05) is 18.2 Å². The van der Waals surface area contributed by atoms with Crippen molar-refractivity contribution in [2.24, 2.45) is 0 Å². The Labute approximate surface area is 172 Å². The highest BCUT2D eigenvalue weighted by atomic mass is 79.9. The van der Waals surface area contributed by atoms with Crippen LogP contribution >= 0.6 is 15.9 Å². The Hall–Kier alpha value is -1.52. The summed E-state index contributed by atoms with van der Waals surface area (Å²) in [7, 11) is 1.69. The first kappa shape index (κ1) is 21.8. The van der Waals surface area contributed by atoms with Gasteiger partial charge in [0.1, 0.15) is 6.61 Å². The number of ether oxygens (including phenoxy) is 2. The fraction of sp³-hybridized carbons (Fsp3) is 0.478. The third-order valence-electron chi connectivity index (χ3n) is 4.55. The molecule has 0 saturated carbocycles. The fourth-order valence-electron chi connectivity index (χ4n) is 3.01. The Morgan fingerprint density at radius 3 is 2.41 bits per heavy atom. The van der Waals surface area contributed by atoms with E-state index >= 15 is 0 Å². The van der Waals surface area contributed by atoms with E-state index in [4.69, 9.17) is 9.47 Å². The van der Waals surface area contributed by atoms with Gasteiger partial charge in [-0.25, -0.2) is 0 Å². The molecule has 4 heteroatoms. The highest BCUT2D eigenvalue weighted by Crippen LogP contribution is 2.37. The van der Waals surface area contributed by atoms with Crippen LogP contribution in [0.1, 0.15) is 56.6 Å². The first-order valence-electron chi connectivity index (χ1n) is 9.98. The van der Waals surface area contributed by atoms with Gasteiger partial charge in [0.15, 0.2) is 11.5 Å². The van der Waals surface area contributed by atoms with Gasteiger partial charge < -0.3 is 14.8 Å². The van der Waals surface area contributed by atoms with E-state index in [0.29, 0.717) is 6.61 Å². The van der Waals surface area contributed by atoms with Gasteiger partial charge in [-0.05, 0) is 52.2 Å². The van der Waals surface area contributed by atoms with Crippen LogP contribution in [0.15, 0.2) is 46.9 Å². The lowest BCUT2D eigenvalue weighted by Crippen LogP contribution is -2.14. The summed E-state index contributed by atoms with van der Waals surface area (Å²) in [4.78, 5) is 0. The molecule has 0 atom stereocenters. The standard InChI is InChI=1S/C23H32BrNO2/c1-3-4-5-6-7-11-14-25-17-20-15-21(24)23(22(16-20)26-2)27-18-19-12-9-8-10-13-19/h8-10,12-13,15-16,25H,3-7,11,14,17-18H2,1-2H3. The molecule has 0 radical (unpaired) electrons. The molecule has 148 valence electrons. The molecule has 3 nitrogen and oxygen atoms in total. The van der Waals surface area contributed by atoms with Crippen molar-refractivity contribution in [2.75, 3.05) is 13.7 Å². The molecule has 0 unspecified atom stereocenters. The minimum absolute atomic E-state index is 0.519. The average Bonchev–Trinajstić information content (AvgIpc) is 2.69. The van der Waals surface area contributed by atoms with E-state index in [1.54, 1.807) is 7.11 Å². The molecule has 0 fully saturated rings. The van der Waals surface area contributed by atoms with Crippen LogP contribution in [0.2, 0.25) is 0 Å². The Balaban J connectivity index is 1.82. The van der Waals surface area contributed by atoms with Crippen LogP contribution in [0.3, 0.4) is 0 Å². The van der Waals surface area contributed by atoms with Crippen molar-refractivity contribution < 1.29 is 9.47 Å². The molecule has 2 rings (SSSR count). The first-order valence-corrected chi connectivity index (χ1v) is 10.8. The van der Waals surface area contributed by atoms with Crippen LogP contribution in [0.5, 0.6) is 11.5 Å². The second-order valence-electron chi connectivity index (χ2n) is 6.83. The highest BCUT2D eigenvalue weighted by Gasteiger charge is 2.12. The van der Waals surface area contributed by atoms with Crippen molar-refractivity contribution >= 4 is 15.9 Å². The van der Waals surface area contributed by atoms with Gasteiger partial charge in [0.05, 0.1) is 11.6 Å². The molecule has 2 aromatic rings. The normalized spacial score (nSPS) is 10.8. The van der Waals surface area contributed by atoms with Gasteiger partial charge in [-0.3, -0.25) is 0 Å². The lowest BCUT2D eigenvalue weighted by Gasteiger charge is -2.15. The Morgan fingerprint density at radius 1 is 0.926 bits per heavy atom. The van der Waals surface area contributed by atoms with Crippen molar-refractivity contribution in [1.29, 1.82) is 0 Å². The van der Waals surface area contributed by atoms with E-state index in [0.717, 1.165) is 34.6 Å². The number of hydrogen-bond acceptors (Lipinski definition) is 3. The summed E-state index contributed by atoms with van der Waals surface area (Å²) < 4.78 is 12.5. The Bertz CT molecular complexity index is 661. The molecule has 0 spiro atoms. The van der Waals surface area contributed by atoms with Crippen LogP contribution < -0.4 is 14.8 Å². The van der Waals surface area contributed by atoms with Gasteiger partial charge in [0, 0.05) is 6.54 Å². The van der Waals surface area contributed by atoms with Gasteiger partial charge in [-0.2, -0.15) is 0 Å². The molecular formula is C23H32BrNO2. The second kappa shape index (κ2) is 12.8. The molecule has 1 N–H and O–H groups in total. The fourth-order valence-corrected chi connectivity index (χ4v) is 3.61. The lowest BCUT2D eigenvalue weighted by atomic mass is 10.1. The number of halogens is 1. The van der Waals surface area contributed by atoms with Crippen molar-refractivity contribution in [3.8, 4) is 11.5 Å². The predicted molar refractivity (Wildman–Crippen MR) is 117 cm³/mol.